The molecule has 6 nitrogen and oxygen atoms in total. The number of carbonyl (C=O) groups is 1. The second-order valence-corrected chi connectivity index (χ2v) is 8.37. The molecule has 1 heterocycles. The molecule has 0 aromatic heterocycles. The van der Waals surface area contributed by atoms with Crippen LogP contribution in [0.15, 0.2) is 18.2 Å². The molecule has 25 heavy (non-hydrogen) atoms. The molecule has 2 N–H and O–H groups in total. The fourth-order valence-corrected chi connectivity index (χ4v) is 4.24. The van der Waals surface area contributed by atoms with Gasteiger partial charge in [0.05, 0.1) is 12.4 Å². The van der Waals surface area contributed by atoms with Crippen molar-refractivity contribution in [2.45, 2.75) is 39.5 Å². The first-order valence-electron chi connectivity index (χ1n) is 8.79. The summed E-state index contributed by atoms with van der Waals surface area (Å²) in [6.45, 7) is 5.76. The molecule has 1 aliphatic heterocycles. The molecule has 1 aromatic rings. The summed E-state index contributed by atoms with van der Waals surface area (Å²) in [5.41, 5.74) is 2.30. The van der Waals surface area contributed by atoms with Gasteiger partial charge in [0.1, 0.15) is 5.75 Å². The van der Waals surface area contributed by atoms with Crippen LogP contribution in [0.4, 0.5) is 0 Å². The number of sulfonamides is 1. The van der Waals surface area contributed by atoms with Gasteiger partial charge in [-0.15, -0.1) is 0 Å². The van der Waals surface area contributed by atoms with Gasteiger partial charge in [0.15, 0.2) is 0 Å². The van der Waals surface area contributed by atoms with Gasteiger partial charge in [-0.25, -0.2) is 13.6 Å². The molecule has 1 saturated heterocycles. The third-order valence-electron chi connectivity index (χ3n) is 4.50. The second-order valence-electron chi connectivity index (χ2n) is 6.71. The van der Waals surface area contributed by atoms with Gasteiger partial charge < -0.3 is 9.64 Å². The highest BCUT2D eigenvalue weighted by Gasteiger charge is 2.28. The summed E-state index contributed by atoms with van der Waals surface area (Å²) in [7, 11) is -3.47. The number of ether oxygens (including phenoxy) is 1. The Hall–Kier alpha value is -1.60. The van der Waals surface area contributed by atoms with E-state index in [2.05, 4.69) is 6.07 Å². The molecule has 1 aliphatic rings. The van der Waals surface area contributed by atoms with Crippen molar-refractivity contribution in [2.24, 2.45) is 11.1 Å². The molecule has 7 heteroatoms. The van der Waals surface area contributed by atoms with Crippen LogP contribution in [0.3, 0.4) is 0 Å². The Labute approximate surface area is 150 Å². The molecular weight excluding hydrogens is 340 g/mol. The minimum atomic E-state index is -3.47. The highest BCUT2D eigenvalue weighted by atomic mass is 32.2. The fraction of sp³-hybridized carbons (Fsp3) is 0.611. The lowest BCUT2D eigenvalue weighted by Crippen LogP contribution is -2.30. The zero-order valence-electron chi connectivity index (χ0n) is 15.0. The molecule has 0 bridgehead atoms. The van der Waals surface area contributed by atoms with Crippen LogP contribution in [0.1, 0.15) is 37.3 Å². The van der Waals surface area contributed by atoms with Gasteiger partial charge in [0, 0.05) is 19.5 Å². The first kappa shape index (κ1) is 19.7. The van der Waals surface area contributed by atoms with Crippen LogP contribution < -0.4 is 9.88 Å². The Balaban J connectivity index is 1.76. The molecule has 0 radical (unpaired) electrons. The van der Waals surface area contributed by atoms with Gasteiger partial charge >= 0.3 is 0 Å². The van der Waals surface area contributed by atoms with Crippen LogP contribution in [-0.4, -0.2) is 44.7 Å². The summed E-state index contributed by atoms with van der Waals surface area (Å²) in [6.07, 6.45) is 2.81. The first-order valence-corrected chi connectivity index (χ1v) is 10.5. The Morgan fingerprint density at radius 2 is 2.16 bits per heavy atom. The van der Waals surface area contributed by atoms with Crippen molar-refractivity contribution in [1.82, 2.24) is 4.90 Å². The maximum atomic E-state index is 12.3. The summed E-state index contributed by atoms with van der Waals surface area (Å²) in [6, 6.07) is 6.13. The van der Waals surface area contributed by atoms with Crippen molar-refractivity contribution in [3.8, 4) is 5.75 Å². The number of amides is 1. The fourth-order valence-electron chi connectivity index (χ4n) is 3.31. The predicted octanol–water partition coefficient (Wildman–Crippen LogP) is 1.85. The number of nitrogens with two attached hydrogens (primary N) is 1. The smallest absolute Gasteiger partial charge is 0.222 e. The minimum Gasteiger partial charge on any atom is -0.494 e. The average molecular weight is 368 g/mol. The number of hydrogen-bond acceptors (Lipinski definition) is 4. The van der Waals surface area contributed by atoms with E-state index >= 15 is 0 Å². The zero-order valence-corrected chi connectivity index (χ0v) is 15.8. The number of nitrogens with zero attached hydrogens (tertiary/aromatic N) is 1. The van der Waals surface area contributed by atoms with Crippen LogP contribution in [0.2, 0.25) is 0 Å². The van der Waals surface area contributed by atoms with Crippen LogP contribution in [0, 0.1) is 12.8 Å². The molecule has 0 aliphatic carbocycles. The van der Waals surface area contributed by atoms with Crippen molar-refractivity contribution in [2.75, 3.05) is 25.4 Å². The van der Waals surface area contributed by atoms with E-state index in [0.717, 1.165) is 24.2 Å². The zero-order chi connectivity index (χ0) is 18.4. The first-order chi connectivity index (χ1) is 11.8. The molecule has 1 amide bonds. The normalized spacial score (nSPS) is 17.7. The predicted molar refractivity (Wildman–Crippen MR) is 97.9 cm³/mol. The van der Waals surface area contributed by atoms with E-state index in [1.54, 1.807) is 4.90 Å². The quantitative estimate of drug-likeness (QED) is 0.758. The topological polar surface area (TPSA) is 89.7 Å². The Kier molecular flexibility index (Phi) is 6.84. The summed E-state index contributed by atoms with van der Waals surface area (Å²) in [5, 5.41) is 5.08. The lowest BCUT2D eigenvalue weighted by Gasteiger charge is -2.16. The maximum absolute atomic E-state index is 12.3. The van der Waals surface area contributed by atoms with Gasteiger partial charge in [-0.05, 0) is 56.2 Å². The molecular formula is C18H28N2O4S. The monoisotopic (exact) mass is 368 g/mol. The van der Waals surface area contributed by atoms with Gasteiger partial charge in [0.25, 0.3) is 0 Å². The Morgan fingerprint density at radius 1 is 1.40 bits per heavy atom. The number of carbonyl (C=O) groups excluding carboxylic acids is 1. The lowest BCUT2D eigenvalue weighted by atomic mass is 10.0. The van der Waals surface area contributed by atoms with Crippen LogP contribution >= 0.6 is 0 Å². The highest BCUT2D eigenvalue weighted by Crippen LogP contribution is 2.21. The van der Waals surface area contributed by atoms with E-state index in [1.165, 1.54) is 5.56 Å². The van der Waals surface area contributed by atoms with E-state index in [9.17, 15) is 13.2 Å². The third-order valence-corrected chi connectivity index (χ3v) is 5.44. The molecule has 0 spiro atoms. The van der Waals surface area contributed by atoms with E-state index in [-0.39, 0.29) is 17.6 Å². The van der Waals surface area contributed by atoms with E-state index in [0.29, 0.717) is 32.5 Å². The average Bonchev–Trinajstić information content (AvgIpc) is 2.96. The highest BCUT2D eigenvalue weighted by molar-refractivity contribution is 7.89. The summed E-state index contributed by atoms with van der Waals surface area (Å²) < 4.78 is 27.8. The summed E-state index contributed by atoms with van der Waals surface area (Å²) >= 11 is 0. The Morgan fingerprint density at radius 3 is 2.80 bits per heavy atom. The van der Waals surface area contributed by atoms with Crippen molar-refractivity contribution in [3.05, 3.63) is 29.3 Å². The number of hydrogen-bond donors (Lipinski definition) is 1. The standard InChI is InChI=1S/C18H28N2O4S/c1-3-24-17-8-7-15(11-14(17)2)5-4-6-18(21)20-10-9-16(12-20)13-25(19,22)23/h7-8,11,16H,3-6,9-10,12-13H2,1-2H3,(H2,19,22,23)/t16-/m0/s1. The molecule has 0 unspecified atom stereocenters. The minimum absolute atomic E-state index is 0.0345. The number of primary sulfonamides is 1. The van der Waals surface area contributed by atoms with Gasteiger partial charge in [-0.2, -0.15) is 0 Å². The van der Waals surface area contributed by atoms with E-state index < -0.39 is 10.0 Å². The summed E-state index contributed by atoms with van der Waals surface area (Å²) in [5.74, 6) is 0.926. The van der Waals surface area contributed by atoms with E-state index in [1.807, 2.05) is 26.0 Å². The largest absolute Gasteiger partial charge is 0.494 e. The van der Waals surface area contributed by atoms with Crippen LogP contribution in [0.25, 0.3) is 0 Å². The van der Waals surface area contributed by atoms with Crippen molar-refractivity contribution in [3.63, 3.8) is 0 Å². The van der Waals surface area contributed by atoms with Gasteiger partial charge in [-0.3, -0.25) is 4.79 Å². The van der Waals surface area contributed by atoms with Gasteiger partial charge in [-0.1, -0.05) is 12.1 Å². The van der Waals surface area contributed by atoms with Crippen LogP contribution in [0.5, 0.6) is 5.75 Å². The SMILES string of the molecule is CCOc1ccc(CCCC(=O)N2CC[C@H](CS(N)(=O)=O)C2)cc1C. The molecule has 1 fully saturated rings. The molecule has 0 saturated carbocycles. The Bertz CT molecular complexity index is 703. The summed E-state index contributed by atoms with van der Waals surface area (Å²) in [4.78, 5) is 14.0. The van der Waals surface area contributed by atoms with Gasteiger partial charge in [0.2, 0.25) is 15.9 Å². The van der Waals surface area contributed by atoms with E-state index in [4.69, 9.17) is 9.88 Å². The van der Waals surface area contributed by atoms with Crippen LogP contribution in [-0.2, 0) is 21.2 Å². The number of aryl methyl sites for hydroxylation is 2. The number of rotatable bonds is 8. The molecule has 140 valence electrons. The lowest BCUT2D eigenvalue weighted by molar-refractivity contribution is -0.130. The molecule has 2 rings (SSSR count). The van der Waals surface area contributed by atoms with Crippen molar-refractivity contribution in [1.29, 1.82) is 0 Å². The van der Waals surface area contributed by atoms with Crippen molar-refractivity contribution < 1.29 is 17.9 Å². The second kappa shape index (κ2) is 8.67. The molecule has 1 aromatic carbocycles. The third kappa shape index (κ3) is 6.32. The number of likely N-dealkylation sites (tertiary alicyclic amines) is 1. The molecule has 1 atom stereocenters. The number of benzene rings is 1. The maximum Gasteiger partial charge on any atom is 0.222 e. The van der Waals surface area contributed by atoms with Crippen molar-refractivity contribution >= 4 is 15.9 Å².